The molecule has 2 aliphatic heterocycles. The largest absolute Gasteiger partial charge is 0.374 e. The normalized spacial score (nSPS) is 17.6. The predicted molar refractivity (Wildman–Crippen MR) is 80.9 cm³/mol. The van der Waals surface area contributed by atoms with Crippen molar-refractivity contribution in [2.75, 3.05) is 38.1 Å². The molecule has 0 aliphatic carbocycles. The molecule has 20 heavy (non-hydrogen) atoms. The van der Waals surface area contributed by atoms with Gasteiger partial charge in [-0.2, -0.15) is 0 Å². The molecule has 0 radical (unpaired) electrons. The van der Waals surface area contributed by atoms with E-state index in [0.717, 1.165) is 45.4 Å². The van der Waals surface area contributed by atoms with Crippen molar-refractivity contribution >= 4 is 11.6 Å². The van der Waals surface area contributed by atoms with Gasteiger partial charge in [0.05, 0.1) is 6.54 Å². The highest BCUT2D eigenvalue weighted by atomic mass is 16.2. The van der Waals surface area contributed by atoms with E-state index in [9.17, 15) is 4.79 Å². The quantitative estimate of drug-likeness (QED) is 0.900. The summed E-state index contributed by atoms with van der Waals surface area (Å²) >= 11 is 0. The van der Waals surface area contributed by atoms with Crippen LogP contribution in [-0.4, -0.2) is 44.0 Å². The van der Waals surface area contributed by atoms with Crippen LogP contribution in [0.3, 0.4) is 0 Å². The number of likely N-dealkylation sites (tertiary alicyclic amines) is 1. The summed E-state index contributed by atoms with van der Waals surface area (Å²) in [4.78, 5) is 16.2. The zero-order valence-electron chi connectivity index (χ0n) is 12.2. The van der Waals surface area contributed by atoms with Crippen molar-refractivity contribution < 1.29 is 4.79 Å². The van der Waals surface area contributed by atoms with Crippen LogP contribution in [0.4, 0.5) is 5.69 Å². The van der Waals surface area contributed by atoms with Crippen molar-refractivity contribution in [3.05, 3.63) is 29.3 Å². The van der Waals surface area contributed by atoms with E-state index in [0.29, 0.717) is 6.54 Å². The number of carbonyl (C=O) groups is 1. The van der Waals surface area contributed by atoms with Gasteiger partial charge in [0.1, 0.15) is 0 Å². The fourth-order valence-corrected chi connectivity index (χ4v) is 3.12. The van der Waals surface area contributed by atoms with Gasteiger partial charge in [0.15, 0.2) is 0 Å². The lowest BCUT2D eigenvalue weighted by atomic mass is 10.1. The van der Waals surface area contributed by atoms with E-state index in [4.69, 9.17) is 0 Å². The van der Waals surface area contributed by atoms with Gasteiger partial charge in [-0.3, -0.25) is 4.79 Å². The van der Waals surface area contributed by atoms with Crippen LogP contribution in [0.25, 0.3) is 0 Å². The van der Waals surface area contributed by atoms with Crippen molar-refractivity contribution in [3.63, 3.8) is 0 Å². The van der Waals surface area contributed by atoms with Gasteiger partial charge in [0, 0.05) is 38.9 Å². The Hall–Kier alpha value is -1.55. The van der Waals surface area contributed by atoms with Crippen LogP contribution in [-0.2, 0) is 17.8 Å². The molecule has 4 heteroatoms. The molecule has 0 unspecified atom stereocenters. The fraction of sp³-hybridized carbons (Fsp3) is 0.562. The first-order valence-corrected chi connectivity index (χ1v) is 7.55. The van der Waals surface area contributed by atoms with E-state index >= 15 is 0 Å². The minimum absolute atomic E-state index is 0.239. The Kier molecular flexibility index (Phi) is 3.92. The maximum absolute atomic E-state index is 11.9. The van der Waals surface area contributed by atoms with Crippen molar-refractivity contribution in [2.24, 2.45) is 0 Å². The van der Waals surface area contributed by atoms with E-state index in [1.807, 2.05) is 4.90 Å². The van der Waals surface area contributed by atoms with E-state index < -0.39 is 0 Å². The maximum Gasteiger partial charge on any atom is 0.236 e. The van der Waals surface area contributed by atoms with Gasteiger partial charge < -0.3 is 15.1 Å². The molecule has 3 rings (SSSR count). The smallest absolute Gasteiger partial charge is 0.236 e. The number of amides is 1. The number of likely N-dealkylation sites (N-methyl/N-ethyl adjacent to an activating group) is 1. The molecule has 0 bridgehead atoms. The van der Waals surface area contributed by atoms with Gasteiger partial charge in [-0.25, -0.2) is 0 Å². The first-order chi connectivity index (χ1) is 9.74. The Morgan fingerprint density at radius 2 is 2.05 bits per heavy atom. The first-order valence-electron chi connectivity index (χ1n) is 7.55. The third-order valence-corrected chi connectivity index (χ3v) is 4.34. The monoisotopic (exact) mass is 273 g/mol. The lowest BCUT2D eigenvalue weighted by molar-refractivity contribution is -0.129. The molecule has 0 atom stereocenters. The number of hydrogen-bond acceptors (Lipinski definition) is 3. The summed E-state index contributed by atoms with van der Waals surface area (Å²) in [5, 5.41) is 3.28. The zero-order valence-corrected chi connectivity index (χ0v) is 12.2. The van der Waals surface area contributed by atoms with Gasteiger partial charge in [-0.05, 0) is 36.5 Å². The topological polar surface area (TPSA) is 35.6 Å². The number of benzene rings is 1. The Morgan fingerprint density at radius 3 is 2.85 bits per heavy atom. The molecule has 1 aromatic carbocycles. The van der Waals surface area contributed by atoms with Gasteiger partial charge in [0.2, 0.25) is 5.91 Å². The molecule has 0 aromatic heterocycles. The van der Waals surface area contributed by atoms with Crippen LogP contribution in [0.2, 0.25) is 0 Å². The van der Waals surface area contributed by atoms with Crippen LogP contribution >= 0.6 is 0 Å². The van der Waals surface area contributed by atoms with Crippen molar-refractivity contribution in [1.29, 1.82) is 0 Å². The highest BCUT2D eigenvalue weighted by Gasteiger charge is 2.18. The van der Waals surface area contributed by atoms with E-state index in [2.05, 4.69) is 35.5 Å². The standard InChI is InChI=1S/C16H23N3O/c1-18-9-6-14-10-13(4-5-15(14)18)11-17-12-16(20)19-7-2-3-8-19/h4-5,10,17H,2-3,6-9,11-12H2,1H3. The summed E-state index contributed by atoms with van der Waals surface area (Å²) < 4.78 is 0. The second-order valence-electron chi connectivity index (χ2n) is 5.83. The number of anilines is 1. The molecule has 1 N–H and O–H groups in total. The lowest BCUT2D eigenvalue weighted by Gasteiger charge is -2.16. The number of carbonyl (C=O) groups excluding carboxylic acids is 1. The maximum atomic E-state index is 11.9. The molecule has 0 spiro atoms. The molecule has 1 aromatic rings. The number of nitrogens with zero attached hydrogens (tertiary/aromatic N) is 2. The average Bonchev–Trinajstić information content (AvgIpc) is 3.09. The average molecular weight is 273 g/mol. The van der Waals surface area contributed by atoms with Crippen LogP contribution in [0, 0.1) is 0 Å². The van der Waals surface area contributed by atoms with Gasteiger partial charge in [-0.1, -0.05) is 12.1 Å². The minimum atomic E-state index is 0.239. The van der Waals surface area contributed by atoms with E-state index in [1.165, 1.54) is 16.8 Å². The van der Waals surface area contributed by atoms with Gasteiger partial charge >= 0.3 is 0 Å². The van der Waals surface area contributed by atoms with E-state index in [-0.39, 0.29) is 5.91 Å². The van der Waals surface area contributed by atoms with Crippen LogP contribution < -0.4 is 10.2 Å². The van der Waals surface area contributed by atoms with Crippen molar-refractivity contribution in [3.8, 4) is 0 Å². The van der Waals surface area contributed by atoms with Crippen LogP contribution in [0.15, 0.2) is 18.2 Å². The minimum Gasteiger partial charge on any atom is -0.374 e. The van der Waals surface area contributed by atoms with Crippen molar-refractivity contribution in [2.45, 2.75) is 25.8 Å². The number of fused-ring (bicyclic) bond motifs is 1. The summed E-state index contributed by atoms with van der Waals surface area (Å²) in [5.41, 5.74) is 4.05. The number of hydrogen-bond donors (Lipinski definition) is 1. The van der Waals surface area contributed by atoms with E-state index in [1.54, 1.807) is 0 Å². The zero-order chi connectivity index (χ0) is 13.9. The third-order valence-electron chi connectivity index (χ3n) is 4.34. The third kappa shape index (κ3) is 2.80. The highest BCUT2D eigenvalue weighted by Crippen LogP contribution is 2.27. The first kappa shape index (κ1) is 13.4. The predicted octanol–water partition coefficient (Wildman–Crippen LogP) is 1.39. The molecule has 1 fully saturated rings. The molecule has 4 nitrogen and oxygen atoms in total. The second-order valence-corrected chi connectivity index (χ2v) is 5.83. The van der Waals surface area contributed by atoms with Crippen LogP contribution in [0.5, 0.6) is 0 Å². The Balaban J connectivity index is 1.50. The Bertz CT molecular complexity index is 494. The molecule has 1 saturated heterocycles. The summed E-state index contributed by atoms with van der Waals surface area (Å²) in [6.45, 7) is 4.21. The molecular weight excluding hydrogens is 250 g/mol. The van der Waals surface area contributed by atoms with Crippen molar-refractivity contribution in [1.82, 2.24) is 10.2 Å². The molecule has 108 valence electrons. The fourth-order valence-electron chi connectivity index (χ4n) is 3.12. The number of nitrogens with one attached hydrogen (secondary N) is 1. The Labute approximate surface area is 120 Å². The second kappa shape index (κ2) is 5.83. The highest BCUT2D eigenvalue weighted by molar-refractivity contribution is 5.78. The molecule has 2 aliphatic rings. The number of rotatable bonds is 4. The summed E-state index contributed by atoms with van der Waals surface area (Å²) in [7, 11) is 2.14. The molecule has 0 saturated carbocycles. The molecular formula is C16H23N3O. The molecule has 1 amide bonds. The van der Waals surface area contributed by atoms with Crippen LogP contribution in [0.1, 0.15) is 24.0 Å². The summed E-state index contributed by atoms with van der Waals surface area (Å²) in [5.74, 6) is 0.239. The molecule has 2 heterocycles. The summed E-state index contributed by atoms with van der Waals surface area (Å²) in [6.07, 6.45) is 3.44. The van der Waals surface area contributed by atoms with Gasteiger partial charge in [-0.15, -0.1) is 0 Å². The summed E-state index contributed by atoms with van der Waals surface area (Å²) in [6, 6.07) is 6.63. The SMILES string of the molecule is CN1CCc2cc(CNCC(=O)N3CCCC3)ccc21. The lowest BCUT2D eigenvalue weighted by Crippen LogP contribution is -2.35. The Morgan fingerprint density at radius 1 is 1.25 bits per heavy atom. The van der Waals surface area contributed by atoms with Gasteiger partial charge in [0.25, 0.3) is 0 Å².